The molecule has 0 fully saturated rings. The highest BCUT2D eigenvalue weighted by molar-refractivity contribution is 5.89. The number of rotatable bonds is 10. The van der Waals surface area contributed by atoms with Crippen molar-refractivity contribution in [3.05, 3.63) is 101 Å². The molecule has 0 bridgehead atoms. The third-order valence-corrected chi connectivity index (χ3v) is 5.28. The molecule has 0 spiro atoms. The molecule has 174 valence electrons. The summed E-state index contributed by atoms with van der Waals surface area (Å²) in [7, 11) is 0. The van der Waals surface area contributed by atoms with Crippen LogP contribution in [0.2, 0.25) is 0 Å². The fourth-order valence-corrected chi connectivity index (χ4v) is 3.56. The lowest BCUT2D eigenvalue weighted by Crippen LogP contribution is -2.36. The summed E-state index contributed by atoms with van der Waals surface area (Å²) in [4.78, 5) is 25.3. The molecule has 0 radical (unpaired) electrons. The number of esters is 1. The van der Waals surface area contributed by atoms with E-state index in [2.05, 4.69) is 12.2 Å². The Kier molecular flexibility index (Phi) is 7.73. The predicted octanol–water partition coefficient (Wildman–Crippen LogP) is 5.06. The molecule has 1 aromatic heterocycles. The number of carbonyl (C=O) groups excluding carboxylic acids is 1. The Bertz CT molecular complexity index is 1280. The molecule has 0 saturated heterocycles. The normalized spacial score (nSPS) is 11.8. The van der Waals surface area contributed by atoms with Gasteiger partial charge in [-0.15, -0.1) is 0 Å². The first-order valence-electron chi connectivity index (χ1n) is 11.4. The molecule has 0 aliphatic heterocycles. The van der Waals surface area contributed by atoms with E-state index in [1.165, 1.54) is 6.07 Å². The van der Waals surface area contributed by atoms with E-state index in [1.807, 2.05) is 36.4 Å². The van der Waals surface area contributed by atoms with Gasteiger partial charge in [0.1, 0.15) is 18.5 Å². The molecular weight excluding hydrogens is 430 g/mol. The van der Waals surface area contributed by atoms with Gasteiger partial charge in [-0.05, 0) is 37.2 Å². The summed E-state index contributed by atoms with van der Waals surface area (Å²) >= 11 is 0. The minimum absolute atomic E-state index is 0.105. The quantitative estimate of drug-likeness (QED) is 0.265. The second-order valence-electron chi connectivity index (χ2n) is 7.88. The number of benzene rings is 3. The molecule has 0 saturated carbocycles. The van der Waals surface area contributed by atoms with E-state index in [9.17, 15) is 9.59 Å². The number of carbonyl (C=O) groups is 1. The van der Waals surface area contributed by atoms with Gasteiger partial charge in [-0.1, -0.05) is 61.5 Å². The van der Waals surface area contributed by atoms with Gasteiger partial charge in [0, 0.05) is 18.2 Å². The lowest BCUT2D eigenvalue weighted by Gasteiger charge is -2.19. The van der Waals surface area contributed by atoms with E-state index in [4.69, 9.17) is 13.9 Å². The Hall–Kier alpha value is -3.90. The monoisotopic (exact) mass is 457 g/mol. The van der Waals surface area contributed by atoms with Gasteiger partial charge in [0.15, 0.2) is 16.8 Å². The number of hydrogen-bond acceptors (Lipinski definition) is 6. The van der Waals surface area contributed by atoms with Crippen molar-refractivity contribution in [3.8, 4) is 17.1 Å². The Labute approximate surface area is 198 Å². The first kappa shape index (κ1) is 23.3. The van der Waals surface area contributed by atoms with Gasteiger partial charge in [-0.25, -0.2) is 4.79 Å². The van der Waals surface area contributed by atoms with Gasteiger partial charge in [-0.3, -0.25) is 4.79 Å². The fourth-order valence-electron chi connectivity index (χ4n) is 3.56. The number of ether oxygens (including phenoxy) is 2. The molecule has 1 atom stereocenters. The maximum Gasteiger partial charge on any atom is 0.338 e. The molecule has 4 aromatic rings. The number of hydrogen-bond donors (Lipinski definition) is 1. The van der Waals surface area contributed by atoms with Crippen LogP contribution in [-0.2, 0) is 4.74 Å². The predicted molar refractivity (Wildman–Crippen MR) is 132 cm³/mol. The first-order chi connectivity index (χ1) is 16.7. The summed E-state index contributed by atoms with van der Waals surface area (Å²) < 4.78 is 17.9. The van der Waals surface area contributed by atoms with Gasteiger partial charge in [0.2, 0.25) is 0 Å². The van der Waals surface area contributed by atoms with Crippen molar-refractivity contribution in [2.24, 2.45) is 0 Å². The number of para-hydroxylation sites is 1. The summed E-state index contributed by atoms with van der Waals surface area (Å²) in [5, 5.41) is 3.70. The molecular formula is C28H27NO5. The Balaban J connectivity index is 1.57. The maximum absolute atomic E-state index is 12.7. The summed E-state index contributed by atoms with van der Waals surface area (Å²) in [6, 6.07) is 25.0. The topological polar surface area (TPSA) is 77.8 Å². The molecule has 0 aliphatic rings. The third kappa shape index (κ3) is 5.71. The van der Waals surface area contributed by atoms with E-state index >= 15 is 0 Å². The Morgan fingerprint density at radius 3 is 2.44 bits per heavy atom. The highest BCUT2D eigenvalue weighted by atomic mass is 16.6. The molecule has 6 nitrogen and oxygen atoms in total. The summed E-state index contributed by atoms with van der Waals surface area (Å²) in [5.41, 5.74) is 1.49. The van der Waals surface area contributed by atoms with E-state index in [0.717, 1.165) is 18.5 Å². The molecule has 3 aromatic carbocycles. The molecule has 4 rings (SSSR count). The zero-order valence-corrected chi connectivity index (χ0v) is 19.0. The largest absolute Gasteiger partial charge is 0.486 e. The minimum Gasteiger partial charge on any atom is -0.486 e. The average molecular weight is 458 g/mol. The maximum atomic E-state index is 12.7. The lowest BCUT2D eigenvalue weighted by atomic mass is 10.1. The molecule has 1 unspecified atom stereocenters. The molecule has 1 N–H and O–H groups in total. The van der Waals surface area contributed by atoms with Crippen LogP contribution in [0.1, 0.15) is 23.7 Å². The standard InChI is InChI=1S/C28H27NO5/c1-2-16-29-18-22(33-28(31)21-12-7-4-8-13-21)19-32-25-15-9-14-23-24(30)17-26(34-27(23)25)20-10-5-3-6-11-20/h3-15,17,22,29H,2,16,18-19H2,1H3. The first-order valence-corrected chi connectivity index (χ1v) is 11.4. The fraction of sp³-hybridized carbons (Fsp3) is 0.214. The highest BCUT2D eigenvalue weighted by Crippen LogP contribution is 2.28. The van der Waals surface area contributed by atoms with Crippen molar-refractivity contribution in [2.75, 3.05) is 19.7 Å². The zero-order chi connectivity index (χ0) is 23.8. The molecule has 1 heterocycles. The Morgan fingerprint density at radius 1 is 0.971 bits per heavy atom. The van der Waals surface area contributed by atoms with Crippen molar-refractivity contribution < 1.29 is 18.7 Å². The second-order valence-corrected chi connectivity index (χ2v) is 7.88. The lowest BCUT2D eigenvalue weighted by molar-refractivity contribution is 0.0179. The van der Waals surface area contributed by atoms with Gasteiger partial charge in [0.05, 0.1) is 10.9 Å². The third-order valence-electron chi connectivity index (χ3n) is 5.28. The van der Waals surface area contributed by atoms with E-state index < -0.39 is 12.1 Å². The molecule has 0 aliphatic carbocycles. The van der Waals surface area contributed by atoms with Crippen LogP contribution in [-0.4, -0.2) is 31.8 Å². The van der Waals surface area contributed by atoms with Crippen LogP contribution in [0.5, 0.6) is 5.75 Å². The number of nitrogens with one attached hydrogen (secondary N) is 1. The van der Waals surface area contributed by atoms with Crippen LogP contribution in [0.3, 0.4) is 0 Å². The SMILES string of the molecule is CCCNCC(COc1cccc2c(=O)cc(-c3ccccc3)oc12)OC(=O)c1ccccc1. The summed E-state index contributed by atoms with van der Waals surface area (Å²) in [6.45, 7) is 3.41. The number of fused-ring (bicyclic) bond motifs is 1. The van der Waals surface area contributed by atoms with Crippen molar-refractivity contribution >= 4 is 16.9 Å². The van der Waals surface area contributed by atoms with Crippen LogP contribution in [0.25, 0.3) is 22.3 Å². The smallest absolute Gasteiger partial charge is 0.338 e. The van der Waals surface area contributed by atoms with Crippen LogP contribution in [0.4, 0.5) is 0 Å². The van der Waals surface area contributed by atoms with E-state index in [1.54, 1.807) is 42.5 Å². The second kappa shape index (κ2) is 11.3. The van der Waals surface area contributed by atoms with Crippen LogP contribution >= 0.6 is 0 Å². The summed E-state index contributed by atoms with van der Waals surface area (Å²) in [5.74, 6) is 0.470. The molecule has 6 heteroatoms. The minimum atomic E-state index is -0.529. The van der Waals surface area contributed by atoms with Crippen molar-refractivity contribution in [1.82, 2.24) is 5.32 Å². The van der Waals surface area contributed by atoms with Crippen LogP contribution in [0, 0.1) is 0 Å². The van der Waals surface area contributed by atoms with Crippen molar-refractivity contribution in [3.63, 3.8) is 0 Å². The van der Waals surface area contributed by atoms with Crippen LogP contribution < -0.4 is 15.5 Å². The van der Waals surface area contributed by atoms with Crippen LogP contribution in [0.15, 0.2) is 94.1 Å². The van der Waals surface area contributed by atoms with Gasteiger partial charge >= 0.3 is 5.97 Å². The average Bonchev–Trinajstić information content (AvgIpc) is 2.88. The molecule has 34 heavy (non-hydrogen) atoms. The summed E-state index contributed by atoms with van der Waals surface area (Å²) in [6.07, 6.45) is 0.426. The van der Waals surface area contributed by atoms with E-state index in [-0.39, 0.29) is 12.0 Å². The zero-order valence-electron chi connectivity index (χ0n) is 19.0. The van der Waals surface area contributed by atoms with Crippen molar-refractivity contribution in [2.45, 2.75) is 19.4 Å². The van der Waals surface area contributed by atoms with Gasteiger partial charge < -0.3 is 19.2 Å². The Morgan fingerprint density at radius 2 is 1.71 bits per heavy atom. The molecule has 0 amide bonds. The van der Waals surface area contributed by atoms with Gasteiger partial charge in [0.25, 0.3) is 0 Å². The van der Waals surface area contributed by atoms with Gasteiger partial charge in [-0.2, -0.15) is 0 Å². The van der Waals surface area contributed by atoms with Crippen molar-refractivity contribution in [1.29, 1.82) is 0 Å². The highest BCUT2D eigenvalue weighted by Gasteiger charge is 2.18. The van der Waals surface area contributed by atoms with E-state index in [0.29, 0.717) is 34.6 Å².